The standard InChI is InChI=1S/C14H11FO3/c1-18-13-6-5-10(15)7-12(13)11-4-2-3-9(8-16)14(11)17/h2-8,17H,1H3. The highest BCUT2D eigenvalue weighted by atomic mass is 19.1. The molecule has 92 valence electrons. The van der Waals surface area contributed by atoms with Crippen molar-refractivity contribution in [2.45, 2.75) is 0 Å². The van der Waals surface area contributed by atoms with Crippen molar-refractivity contribution in [3.8, 4) is 22.6 Å². The van der Waals surface area contributed by atoms with Crippen LogP contribution in [0.4, 0.5) is 4.39 Å². The summed E-state index contributed by atoms with van der Waals surface area (Å²) >= 11 is 0. The number of benzene rings is 2. The van der Waals surface area contributed by atoms with Gasteiger partial charge >= 0.3 is 0 Å². The van der Waals surface area contributed by atoms with E-state index in [1.54, 1.807) is 12.1 Å². The second-order valence-electron chi connectivity index (χ2n) is 3.71. The molecule has 0 aliphatic carbocycles. The number of rotatable bonds is 3. The molecule has 0 bridgehead atoms. The Morgan fingerprint density at radius 2 is 2.00 bits per heavy atom. The van der Waals surface area contributed by atoms with Crippen molar-refractivity contribution < 1.29 is 19.0 Å². The van der Waals surface area contributed by atoms with E-state index in [9.17, 15) is 14.3 Å². The number of hydrogen-bond donors (Lipinski definition) is 1. The normalized spacial score (nSPS) is 10.1. The van der Waals surface area contributed by atoms with Gasteiger partial charge in [-0.3, -0.25) is 4.79 Å². The van der Waals surface area contributed by atoms with Gasteiger partial charge in [0.05, 0.1) is 12.7 Å². The summed E-state index contributed by atoms with van der Waals surface area (Å²) in [5.41, 5.74) is 0.911. The maximum absolute atomic E-state index is 13.3. The van der Waals surface area contributed by atoms with Crippen LogP contribution in [0.5, 0.6) is 11.5 Å². The predicted molar refractivity (Wildman–Crippen MR) is 65.4 cm³/mol. The average molecular weight is 246 g/mol. The largest absolute Gasteiger partial charge is 0.507 e. The van der Waals surface area contributed by atoms with E-state index >= 15 is 0 Å². The summed E-state index contributed by atoms with van der Waals surface area (Å²) in [6, 6.07) is 8.68. The molecule has 0 aromatic heterocycles. The quantitative estimate of drug-likeness (QED) is 0.847. The number of ether oxygens (including phenoxy) is 1. The van der Waals surface area contributed by atoms with Gasteiger partial charge in [-0.05, 0) is 24.3 Å². The number of hydrogen-bond acceptors (Lipinski definition) is 3. The van der Waals surface area contributed by atoms with Crippen LogP contribution in [0.15, 0.2) is 36.4 Å². The maximum atomic E-state index is 13.3. The molecule has 0 heterocycles. The van der Waals surface area contributed by atoms with Crippen LogP contribution in [0.2, 0.25) is 0 Å². The molecule has 18 heavy (non-hydrogen) atoms. The first kappa shape index (κ1) is 12.1. The fourth-order valence-electron chi connectivity index (χ4n) is 1.76. The summed E-state index contributed by atoms with van der Waals surface area (Å²) in [4.78, 5) is 10.8. The lowest BCUT2D eigenvalue weighted by atomic mass is 10.0. The molecule has 0 saturated heterocycles. The van der Waals surface area contributed by atoms with Crippen molar-refractivity contribution in [3.63, 3.8) is 0 Å². The molecule has 0 saturated carbocycles. The van der Waals surface area contributed by atoms with Crippen LogP contribution < -0.4 is 4.74 Å². The zero-order chi connectivity index (χ0) is 13.1. The molecule has 0 aliphatic rings. The number of aromatic hydroxyl groups is 1. The van der Waals surface area contributed by atoms with Gasteiger partial charge in [0.25, 0.3) is 0 Å². The lowest BCUT2D eigenvalue weighted by molar-refractivity contribution is 0.112. The van der Waals surface area contributed by atoms with Gasteiger partial charge in [0.1, 0.15) is 17.3 Å². The monoisotopic (exact) mass is 246 g/mol. The van der Waals surface area contributed by atoms with E-state index in [-0.39, 0.29) is 11.3 Å². The first-order valence-electron chi connectivity index (χ1n) is 5.28. The summed E-state index contributed by atoms with van der Waals surface area (Å²) in [6.45, 7) is 0. The minimum atomic E-state index is -0.443. The van der Waals surface area contributed by atoms with Crippen LogP contribution in [0, 0.1) is 5.82 Å². The molecular formula is C14H11FO3. The van der Waals surface area contributed by atoms with Gasteiger partial charge in [-0.2, -0.15) is 0 Å². The number of phenolic OH excluding ortho intramolecular Hbond substituents is 1. The van der Waals surface area contributed by atoms with Gasteiger partial charge in [-0.25, -0.2) is 4.39 Å². The van der Waals surface area contributed by atoms with Gasteiger partial charge in [0.15, 0.2) is 6.29 Å². The third-order valence-corrected chi connectivity index (χ3v) is 2.65. The lowest BCUT2D eigenvalue weighted by Crippen LogP contribution is -1.91. The summed E-state index contributed by atoms with van der Waals surface area (Å²) in [5.74, 6) is -0.201. The van der Waals surface area contributed by atoms with Crippen LogP contribution in [0.25, 0.3) is 11.1 Å². The second kappa shape index (κ2) is 4.87. The average Bonchev–Trinajstić information content (AvgIpc) is 2.39. The molecule has 2 rings (SSSR count). The van der Waals surface area contributed by atoms with Gasteiger partial charge < -0.3 is 9.84 Å². The fraction of sp³-hybridized carbons (Fsp3) is 0.0714. The van der Waals surface area contributed by atoms with Crippen LogP contribution in [-0.2, 0) is 0 Å². The maximum Gasteiger partial charge on any atom is 0.153 e. The molecule has 0 radical (unpaired) electrons. The molecule has 2 aromatic carbocycles. The molecule has 4 heteroatoms. The molecule has 0 unspecified atom stereocenters. The summed E-state index contributed by atoms with van der Waals surface area (Å²) < 4.78 is 18.4. The molecule has 0 amide bonds. The Labute approximate surface area is 103 Å². The Morgan fingerprint density at radius 3 is 2.67 bits per heavy atom. The van der Waals surface area contributed by atoms with Gasteiger partial charge in [-0.15, -0.1) is 0 Å². The highest BCUT2D eigenvalue weighted by molar-refractivity contribution is 5.87. The van der Waals surface area contributed by atoms with Crippen LogP contribution in [-0.4, -0.2) is 18.5 Å². The Kier molecular flexibility index (Phi) is 3.28. The molecule has 0 atom stereocenters. The SMILES string of the molecule is COc1ccc(F)cc1-c1cccc(C=O)c1O. The zero-order valence-corrected chi connectivity index (χ0v) is 9.68. The molecule has 3 nitrogen and oxygen atoms in total. The van der Waals surface area contributed by atoms with Crippen molar-refractivity contribution >= 4 is 6.29 Å². The molecule has 0 fully saturated rings. The van der Waals surface area contributed by atoms with E-state index in [0.717, 1.165) is 0 Å². The van der Waals surface area contributed by atoms with E-state index in [1.807, 2.05) is 0 Å². The first-order valence-corrected chi connectivity index (χ1v) is 5.28. The van der Waals surface area contributed by atoms with Gasteiger partial charge in [0, 0.05) is 11.1 Å². The van der Waals surface area contributed by atoms with E-state index in [4.69, 9.17) is 4.74 Å². The first-order chi connectivity index (χ1) is 8.67. The smallest absolute Gasteiger partial charge is 0.153 e. The number of halogens is 1. The van der Waals surface area contributed by atoms with Crippen molar-refractivity contribution in [2.75, 3.05) is 7.11 Å². The number of para-hydroxylation sites is 1. The zero-order valence-electron chi connectivity index (χ0n) is 9.68. The number of carbonyl (C=O) groups is 1. The number of aldehydes is 1. The van der Waals surface area contributed by atoms with Gasteiger partial charge in [0.2, 0.25) is 0 Å². The number of carbonyl (C=O) groups excluding carboxylic acids is 1. The molecule has 1 N–H and O–H groups in total. The van der Waals surface area contributed by atoms with E-state index in [0.29, 0.717) is 23.2 Å². The minimum Gasteiger partial charge on any atom is -0.507 e. The molecule has 0 aliphatic heterocycles. The third-order valence-electron chi connectivity index (χ3n) is 2.65. The van der Waals surface area contributed by atoms with Gasteiger partial charge in [-0.1, -0.05) is 12.1 Å². The van der Waals surface area contributed by atoms with Crippen LogP contribution in [0.1, 0.15) is 10.4 Å². The van der Waals surface area contributed by atoms with E-state index in [1.165, 1.54) is 31.4 Å². The second-order valence-corrected chi connectivity index (χ2v) is 3.71. The Balaban J connectivity index is 2.68. The highest BCUT2D eigenvalue weighted by Gasteiger charge is 2.13. The Bertz CT molecular complexity index is 594. The number of phenols is 1. The number of methoxy groups -OCH3 is 1. The van der Waals surface area contributed by atoms with E-state index < -0.39 is 5.82 Å². The van der Waals surface area contributed by atoms with E-state index in [2.05, 4.69) is 0 Å². The molecule has 2 aromatic rings. The van der Waals surface area contributed by atoms with Crippen molar-refractivity contribution in [1.82, 2.24) is 0 Å². The van der Waals surface area contributed by atoms with Crippen molar-refractivity contribution in [1.29, 1.82) is 0 Å². The topological polar surface area (TPSA) is 46.5 Å². The Hall–Kier alpha value is -2.36. The minimum absolute atomic E-state index is 0.152. The summed E-state index contributed by atoms with van der Waals surface area (Å²) in [7, 11) is 1.46. The molecule has 0 spiro atoms. The van der Waals surface area contributed by atoms with Crippen molar-refractivity contribution in [3.05, 3.63) is 47.8 Å². The third kappa shape index (κ3) is 2.05. The lowest BCUT2D eigenvalue weighted by Gasteiger charge is -2.11. The molecular weight excluding hydrogens is 235 g/mol. The predicted octanol–water partition coefficient (Wildman–Crippen LogP) is 3.02. The van der Waals surface area contributed by atoms with Crippen molar-refractivity contribution in [2.24, 2.45) is 0 Å². The Morgan fingerprint density at radius 1 is 1.22 bits per heavy atom. The fourth-order valence-corrected chi connectivity index (χ4v) is 1.76. The summed E-state index contributed by atoms with van der Waals surface area (Å²) in [6.07, 6.45) is 0.546. The highest BCUT2D eigenvalue weighted by Crippen LogP contribution is 2.37. The van der Waals surface area contributed by atoms with Crippen LogP contribution >= 0.6 is 0 Å². The van der Waals surface area contributed by atoms with Crippen LogP contribution in [0.3, 0.4) is 0 Å². The summed E-state index contributed by atoms with van der Waals surface area (Å²) in [5, 5.41) is 9.94.